The highest BCUT2D eigenvalue weighted by atomic mass is 19.4. The maximum Gasteiger partial charge on any atom is 0.494 e. The summed E-state index contributed by atoms with van der Waals surface area (Å²) < 4.78 is 55.5. The summed E-state index contributed by atoms with van der Waals surface area (Å²) in [7, 11) is -0.445. The van der Waals surface area contributed by atoms with Crippen molar-refractivity contribution in [3.8, 4) is 5.75 Å². The SMILES string of the molecule is CC1(C)OB(c2cccc(OCC3CCN(CC(F)(F)F)CC3)c2)OC1(C)C. The summed E-state index contributed by atoms with van der Waals surface area (Å²) in [6.45, 7) is 8.65. The van der Waals surface area contributed by atoms with Crippen LogP contribution in [0.2, 0.25) is 0 Å². The molecule has 0 spiro atoms. The summed E-state index contributed by atoms with van der Waals surface area (Å²) in [5.41, 5.74) is 0.0915. The van der Waals surface area contributed by atoms with Gasteiger partial charge in [-0.05, 0) is 77.1 Å². The molecule has 2 heterocycles. The number of benzene rings is 1. The van der Waals surface area contributed by atoms with E-state index in [0.29, 0.717) is 32.5 Å². The van der Waals surface area contributed by atoms with Crippen molar-refractivity contribution in [2.75, 3.05) is 26.2 Å². The topological polar surface area (TPSA) is 30.9 Å². The third-order valence-electron chi connectivity index (χ3n) is 5.98. The lowest BCUT2D eigenvalue weighted by Crippen LogP contribution is -2.41. The average Bonchev–Trinajstić information content (AvgIpc) is 2.81. The Kier molecular flexibility index (Phi) is 6.04. The maximum absolute atomic E-state index is 12.5. The van der Waals surface area contributed by atoms with Crippen molar-refractivity contribution in [3.05, 3.63) is 24.3 Å². The number of piperidine rings is 1. The predicted octanol–water partition coefficient (Wildman–Crippen LogP) is 3.64. The van der Waals surface area contributed by atoms with E-state index in [2.05, 4.69) is 0 Å². The lowest BCUT2D eigenvalue weighted by molar-refractivity contribution is -0.148. The van der Waals surface area contributed by atoms with Gasteiger partial charge in [-0.15, -0.1) is 0 Å². The predicted molar refractivity (Wildman–Crippen MR) is 103 cm³/mol. The minimum absolute atomic E-state index is 0.269. The minimum atomic E-state index is -4.13. The van der Waals surface area contributed by atoms with Gasteiger partial charge in [0.2, 0.25) is 0 Å². The molecule has 0 aliphatic carbocycles. The second-order valence-corrected chi connectivity index (χ2v) is 8.81. The first-order valence-electron chi connectivity index (χ1n) is 9.83. The molecule has 3 rings (SSSR count). The van der Waals surface area contributed by atoms with Gasteiger partial charge in [0.1, 0.15) is 5.75 Å². The molecular formula is C20H29BF3NO3. The molecule has 0 bridgehead atoms. The van der Waals surface area contributed by atoms with Crippen LogP contribution in [-0.4, -0.2) is 55.6 Å². The highest BCUT2D eigenvalue weighted by molar-refractivity contribution is 6.62. The third-order valence-corrected chi connectivity index (χ3v) is 5.98. The lowest BCUT2D eigenvalue weighted by Gasteiger charge is -2.32. The van der Waals surface area contributed by atoms with Gasteiger partial charge >= 0.3 is 13.3 Å². The van der Waals surface area contributed by atoms with Crippen molar-refractivity contribution in [1.82, 2.24) is 4.90 Å². The second kappa shape index (κ2) is 7.88. The fraction of sp³-hybridized carbons (Fsp3) is 0.700. The van der Waals surface area contributed by atoms with Crippen LogP contribution >= 0.6 is 0 Å². The summed E-state index contributed by atoms with van der Waals surface area (Å²) in [6, 6.07) is 7.65. The fourth-order valence-electron chi connectivity index (χ4n) is 3.51. The fourth-order valence-corrected chi connectivity index (χ4v) is 3.51. The highest BCUT2D eigenvalue weighted by Gasteiger charge is 2.51. The Morgan fingerprint density at radius 2 is 1.71 bits per heavy atom. The van der Waals surface area contributed by atoms with Gasteiger partial charge in [0, 0.05) is 0 Å². The van der Waals surface area contributed by atoms with Crippen molar-refractivity contribution in [1.29, 1.82) is 0 Å². The van der Waals surface area contributed by atoms with Gasteiger partial charge < -0.3 is 14.0 Å². The van der Waals surface area contributed by atoms with E-state index in [1.165, 1.54) is 4.90 Å². The molecule has 156 valence electrons. The molecule has 2 fully saturated rings. The minimum Gasteiger partial charge on any atom is -0.493 e. The molecule has 1 aromatic carbocycles. The Morgan fingerprint density at radius 3 is 2.29 bits per heavy atom. The van der Waals surface area contributed by atoms with Crippen molar-refractivity contribution >= 4 is 12.6 Å². The number of likely N-dealkylation sites (tertiary alicyclic amines) is 1. The van der Waals surface area contributed by atoms with Gasteiger partial charge in [0.25, 0.3) is 0 Å². The Morgan fingerprint density at radius 1 is 1.11 bits per heavy atom. The highest BCUT2D eigenvalue weighted by Crippen LogP contribution is 2.36. The van der Waals surface area contributed by atoms with Crippen molar-refractivity contribution in [3.63, 3.8) is 0 Å². The average molecular weight is 399 g/mol. The first-order chi connectivity index (χ1) is 13.0. The molecule has 0 atom stereocenters. The first kappa shape index (κ1) is 21.5. The summed E-state index contributed by atoms with van der Waals surface area (Å²) in [5.74, 6) is 0.995. The number of hydrogen-bond acceptors (Lipinski definition) is 4. The number of alkyl halides is 3. The van der Waals surface area contributed by atoms with Gasteiger partial charge in [-0.25, -0.2) is 0 Å². The maximum atomic E-state index is 12.5. The second-order valence-electron chi connectivity index (χ2n) is 8.81. The molecule has 1 aromatic rings. The van der Waals surface area contributed by atoms with E-state index in [4.69, 9.17) is 14.0 Å². The summed E-state index contributed by atoms with van der Waals surface area (Å²) in [4.78, 5) is 1.47. The summed E-state index contributed by atoms with van der Waals surface area (Å²) >= 11 is 0. The molecule has 0 radical (unpaired) electrons. The molecule has 4 nitrogen and oxygen atoms in total. The van der Waals surface area contributed by atoms with E-state index >= 15 is 0 Å². The van der Waals surface area contributed by atoms with E-state index in [9.17, 15) is 13.2 Å². The van der Waals surface area contributed by atoms with E-state index in [0.717, 1.165) is 11.2 Å². The van der Waals surface area contributed by atoms with Gasteiger partial charge in [-0.1, -0.05) is 12.1 Å². The number of halogens is 3. The smallest absolute Gasteiger partial charge is 0.493 e. The lowest BCUT2D eigenvalue weighted by atomic mass is 9.79. The van der Waals surface area contributed by atoms with Crippen LogP contribution in [0.1, 0.15) is 40.5 Å². The standard InChI is InChI=1S/C20H29BF3NO3/c1-18(2)19(3,4)28-21(27-18)16-6-5-7-17(12-16)26-13-15-8-10-25(11-9-15)14-20(22,23)24/h5-7,12,15H,8-11,13-14H2,1-4H3. The van der Waals surface area contributed by atoms with Crippen LogP contribution in [0.3, 0.4) is 0 Å². The van der Waals surface area contributed by atoms with Crippen LogP contribution in [0.5, 0.6) is 5.75 Å². The van der Waals surface area contributed by atoms with E-state index < -0.39 is 31.0 Å². The third kappa shape index (κ3) is 5.22. The number of rotatable bonds is 5. The molecule has 8 heteroatoms. The zero-order valence-electron chi connectivity index (χ0n) is 17.0. The largest absolute Gasteiger partial charge is 0.494 e. The first-order valence-corrected chi connectivity index (χ1v) is 9.83. The van der Waals surface area contributed by atoms with Crippen LogP contribution in [0.15, 0.2) is 24.3 Å². The molecule has 28 heavy (non-hydrogen) atoms. The van der Waals surface area contributed by atoms with E-state index in [-0.39, 0.29) is 5.92 Å². The van der Waals surface area contributed by atoms with Crippen LogP contribution in [-0.2, 0) is 9.31 Å². The Hall–Kier alpha value is -1.25. The summed E-state index contributed by atoms with van der Waals surface area (Å²) in [6.07, 6.45) is -2.70. The molecule has 2 aliphatic heterocycles. The van der Waals surface area contributed by atoms with Crippen LogP contribution in [0.4, 0.5) is 13.2 Å². The zero-order valence-corrected chi connectivity index (χ0v) is 17.0. The Labute approximate surface area is 165 Å². The zero-order chi connectivity index (χ0) is 20.6. The van der Waals surface area contributed by atoms with Crippen LogP contribution in [0, 0.1) is 5.92 Å². The van der Waals surface area contributed by atoms with Crippen molar-refractivity contribution < 1.29 is 27.2 Å². The molecule has 2 aliphatic rings. The van der Waals surface area contributed by atoms with Gasteiger partial charge in [0.05, 0.1) is 24.4 Å². The normalized spacial score (nSPS) is 23.2. The molecular weight excluding hydrogens is 370 g/mol. The monoisotopic (exact) mass is 399 g/mol. The molecule has 0 unspecified atom stereocenters. The van der Waals surface area contributed by atoms with Crippen molar-refractivity contribution in [2.24, 2.45) is 5.92 Å². The quantitative estimate of drug-likeness (QED) is 0.708. The van der Waals surface area contributed by atoms with Gasteiger partial charge in [-0.2, -0.15) is 13.2 Å². The number of hydrogen-bond donors (Lipinski definition) is 0. The van der Waals surface area contributed by atoms with Gasteiger partial charge in [0.15, 0.2) is 0 Å². The number of ether oxygens (including phenoxy) is 1. The van der Waals surface area contributed by atoms with Crippen LogP contribution < -0.4 is 10.2 Å². The molecule has 0 saturated carbocycles. The van der Waals surface area contributed by atoms with Gasteiger partial charge in [-0.3, -0.25) is 4.90 Å². The van der Waals surface area contributed by atoms with Crippen LogP contribution in [0.25, 0.3) is 0 Å². The number of nitrogens with zero attached hydrogens (tertiary/aromatic N) is 1. The van der Waals surface area contributed by atoms with E-state index in [1.807, 2.05) is 52.0 Å². The summed E-state index contributed by atoms with van der Waals surface area (Å²) in [5, 5.41) is 0. The molecule has 0 N–H and O–H groups in total. The Bertz CT molecular complexity index is 657. The molecule has 0 amide bonds. The molecule has 2 saturated heterocycles. The van der Waals surface area contributed by atoms with E-state index in [1.54, 1.807) is 0 Å². The Balaban J connectivity index is 1.51. The van der Waals surface area contributed by atoms with Crippen molar-refractivity contribution in [2.45, 2.75) is 57.9 Å². The molecule has 0 aromatic heterocycles.